The van der Waals surface area contributed by atoms with Crippen LogP contribution in [0.15, 0.2) is 12.1 Å². The average molecular weight is 286 g/mol. The fourth-order valence-corrected chi connectivity index (χ4v) is 2.87. The van der Waals surface area contributed by atoms with Crippen molar-refractivity contribution in [1.82, 2.24) is 19.8 Å². The summed E-state index contributed by atoms with van der Waals surface area (Å²) in [5, 5.41) is 0. The molecule has 0 saturated carbocycles. The Kier molecular flexibility index (Phi) is 3.68. The summed E-state index contributed by atoms with van der Waals surface area (Å²) in [5.74, 6) is 1.18. The molecule has 3 rings (SSSR count). The zero-order valence-corrected chi connectivity index (χ0v) is 12.9. The van der Waals surface area contributed by atoms with Crippen molar-refractivity contribution in [2.45, 2.75) is 27.3 Å². The van der Waals surface area contributed by atoms with Crippen LogP contribution in [0.2, 0.25) is 0 Å². The Morgan fingerprint density at radius 2 is 1.95 bits per heavy atom. The van der Waals surface area contributed by atoms with E-state index in [1.165, 1.54) is 11.1 Å². The smallest absolute Gasteiger partial charge is 0.219 e. The Labute approximate surface area is 125 Å². The van der Waals surface area contributed by atoms with E-state index < -0.39 is 0 Å². The van der Waals surface area contributed by atoms with Gasteiger partial charge < -0.3 is 9.88 Å². The average Bonchev–Trinajstić information content (AvgIpc) is 2.87. The lowest BCUT2D eigenvalue weighted by Gasteiger charge is -2.33. The van der Waals surface area contributed by atoms with Gasteiger partial charge in [0.1, 0.15) is 5.82 Å². The number of fused-ring (bicyclic) bond motifs is 1. The minimum Gasteiger partial charge on any atom is -0.341 e. The van der Waals surface area contributed by atoms with E-state index in [9.17, 15) is 4.79 Å². The maximum absolute atomic E-state index is 11.3. The summed E-state index contributed by atoms with van der Waals surface area (Å²) in [4.78, 5) is 23.7. The van der Waals surface area contributed by atoms with Gasteiger partial charge in [-0.15, -0.1) is 0 Å². The monoisotopic (exact) mass is 286 g/mol. The van der Waals surface area contributed by atoms with E-state index >= 15 is 0 Å². The molecule has 21 heavy (non-hydrogen) atoms. The summed E-state index contributed by atoms with van der Waals surface area (Å²) < 4.78 is 0. The maximum Gasteiger partial charge on any atom is 0.219 e. The van der Waals surface area contributed by atoms with Crippen LogP contribution in [0.25, 0.3) is 11.0 Å². The highest BCUT2D eigenvalue weighted by Crippen LogP contribution is 2.20. The number of H-pyrrole nitrogens is 1. The first-order chi connectivity index (χ1) is 10.0. The second kappa shape index (κ2) is 5.48. The van der Waals surface area contributed by atoms with Gasteiger partial charge in [-0.2, -0.15) is 0 Å². The second-order valence-electron chi connectivity index (χ2n) is 5.87. The number of nitrogens with one attached hydrogen (secondary N) is 1. The zero-order chi connectivity index (χ0) is 15.0. The van der Waals surface area contributed by atoms with Crippen LogP contribution >= 0.6 is 0 Å². The topological polar surface area (TPSA) is 52.2 Å². The third-order valence-electron chi connectivity index (χ3n) is 4.42. The fraction of sp³-hybridized carbons (Fsp3) is 0.500. The molecule has 1 aliphatic heterocycles. The quantitative estimate of drug-likeness (QED) is 0.916. The number of aromatic amines is 1. The SMILES string of the molecule is CC(=O)N1CCN(Cc2nc3c(C)c(C)ccc3[nH]2)CC1. The van der Waals surface area contributed by atoms with E-state index in [1.807, 2.05) is 4.90 Å². The number of aromatic nitrogens is 2. The molecule has 1 aliphatic rings. The number of benzene rings is 1. The molecule has 0 unspecified atom stereocenters. The molecule has 0 atom stereocenters. The molecule has 1 aromatic carbocycles. The van der Waals surface area contributed by atoms with Crippen molar-refractivity contribution < 1.29 is 4.79 Å². The molecule has 2 aromatic rings. The molecule has 112 valence electrons. The van der Waals surface area contributed by atoms with Crippen LogP contribution in [0, 0.1) is 13.8 Å². The lowest BCUT2D eigenvalue weighted by Crippen LogP contribution is -2.47. The van der Waals surface area contributed by atoms with Crippen molar-refractivity contribution in [1.29, 1.82) is 0 Å². The van der Waals surface area contributed by atoms with E-state index in [0.717, 1.165) is 49.6 Å². The van der Waals surface area contributed by atoms with Crippen molar-refractivity contribution in [2.75, 3.05) is 26.2 Å². The Balaban J connectivity index is 1.71. The van der Waals surface area contributed by atoms with Gasteiger partial charge in [0.25, 0.3) is 0 Å². The minimum atomic E-state index is 0.171. The molecule has 1 saturated heterocycles. The lowest BCUT2D eigenvalue weighted by molar-refractivity contribution is -0.130. The number of nitrogens with zero attached hydrogens (tertiary/aromatic N) is 3. The molecule has 0 radical (unpaired) electrons. The Morgan fingerprint density at radius 1 is 1.24 bits per heavy atom. The van der Waals surface area contributed by atoms with Gasteiger partial charge in [0.05, 0.1) is 17.6 Å². The summed E-state index contributed by atoms with van der Waals surface area (Å²) in [5.41, 5.74) is 4.70. The van der Waals surface area contributed by atoms with Crippen LogP contribution in [0.1, 0.15) is 23.9 Å². The highest BCUT2D eigenvalue weighted by molar-refractivity contribution is 5.79. The minimum absolute atomic E-state index is 0.171. The van der Waals surface area contributed by atoms with Gasteiger partial charge in [0, 0.05) is 33.1 Å². The highest BCUT2D eigenvalue weighted by Gasteiger charge is 2.19. The molecule has 1 aromatic heterocycles. The Bertz CT molecular complexity index is 668. The molecule has 1 N–H and O–H groups in total. The standard InChI is InChI=1S/C16H22N4O/c1-11-4-5-14-16(12(11)2)18-15(17-14)10-19-6-8-20(9-7-19)13(3)21/h4-5H,6-10H2,1-3H3,(H,17,18). The summed E-state index contributed by atoms with van der Waals surface area (Å²) in [6.07, 6.45) is 0. The van der Waals surface area contributed by atoms with Crippen molar-refractivity contribution in [2.24, 2.45) is 0 Å². The Hall–Kier alpha value is -1.88. The highest BCUT2D eigenvalue weighted by atomic mass is 16.2. The second-order valence-corrected chi connectivity index (χ2v) is 5.87. The van der Waals surface area contributed by atoms with Gasteiger partial charge >= 0.3 is 0 Å². The molecule has 1 amide bonds. The number of hydrogen-bond donors (Lipinski definition) is 1. The van der Waals surface area contributed by atoms with Crippen LogP contribution in [0.5, 0.6) is 0 Å². The van der Waals surface area contributed by atoms with Crippen molar-refractivity contribution in [3.8, 4) is 0 Å². The van der Waals surface area contributed by atoms with Gasteiger partial charge in [-0.05, 0) is 31.0 Å². The number of imidazole rings is 1. The molecule has 0 aliphatic carbocycles. The summed E-state index contributed by atoms with van der Waals surface area (Å²) in [6, 6.07) is 4.23. The van der Waals surface area contributed by atoms with Gasteiger partial charge in [0.15, 0.2) is 0 Å². The van der Waals surface area contributed by atoms with Crippen LogP contribution in [-0.4, -0.2) is 51.9 Å². The van der Waals surface area contributed by atoms with Gasteiger partial charge in [0.2, 0.25) is 5.91 Å². The van der Waals surface area contributed by atoms with E-state index in [1.54, 1.807) is 6.92 Å². The number of aryl methyl sites for hydroxylation is 2. The molecular formula is C16H22N4O. The number of carbonyl (C=O) groups is 1. The van der Waals surface area contributed by atoms with Crippen molar-refractivity contribution in [3.05, 3.63) is 29.1 Å². The van der Waals surface area contributed by atoms with E-state index in [2.05, 4.69) is 35.9 Å². The molecular weight excluding hydrogens is 264 g/mol. The summed E-state index contributed by atoms with van der Waals surface area (Å²) in [6.45, 7) is 10.1. The van der Waals surface area contributed by atoms with Crippen LogP contribution in [0.3, 0.4) is 0 Å². The predicted molar refractivity (Wildman–Crippen MR) is 83.1 cm³/mol. The molecule has 0 spiro atoms. The Morgan fingerprint density at radius 3 is 2.62 bits per heavy atom. The van der Waals surface area contributed by atoms with Crippen LogP contribution in [0.4, 0.5) is 0 Å². The first-order valence-electron chi connectivity index (χ1n) is 7.47. The normalized spacial score (nSPS) is 16.6. The zero-order valence-electron chi connectivity index (χ0n) is 12.9. The molecule has 2 heterocycles. The van der Waals surface area contributed by atoms with E-state index in [4.69, 9.17) is 4.98 Å². The summed E-state index contributed by atoms with van der Waals surface area (Å²) in [7, 11) is 0. The maximum atomic E-state index is 11.3. The summed E-state index contributed by atoms with van der Waals surface area (Å²) >= 11 is 0. The molecule has 5 nitrogen and oxygen atoms in total. The first kappa shape index (κ1) is 14.1. The number of hydrogen-bond acceptors (Lipinski definition) is 3. The first-order valence-corrected chi connectivity index (χ1v) is 7.47. The largest absolute Gasteiger partial charge is 0.341 e. The van der Waals surface area contributed by atoms with Gasteiger partial charge in [-0.3, -0.25) is 9.69 Å². The van der Waals surface area contributed by atoms with E-state index in [0.29, 0.717) is 0 Å². The van der Waals surface area contributed by atoms with Crippen LogP contribution in [-0.2, 0) is 11.3 Å². The van der Waals surface area contributed by atoms with Crippen LogP contribution < -0.4 is 0 Å². The fourth-order valence-electron chi connectivity index (χ4n) is 2.87. The predicted octanol–water partition coefficient (Wildman–Crippen LogP) is 1.84. The molecule has 0 bridgehead atoms. The van der Waals surface area contributed by atoms with Gasteiger partial charge in [-0.1, -0.05) is 6.07 Å². The third kappa shape index (κ3) is 2.78. The lowest BCUT2D eigenvalue weighted by atomic mass is 10.1. The number of carbonyl (C=O) groups excluding carboxylic acids is 1. The van der Waals surface area contributed by atoms with Crippen molar-refractivity contribution >= 4 is 16.9 Å². The molecule has 1 fully saturated rings. The molecule has 5 heteroatoms. The van der Waals surface area contributed by atoms with E-state index in [-0.39, 0.29) is 5.91 Å². The number of amides is 1. The van der Waals surface area contributed by atoms with Crippen molar-refractivity contribution in [3.63, 3.8) is 0 Å². The number of piperazine rings is 1. The number of rotatable bonds is 2. The van der Waals surface area contributed by atoms with Gasteiger partial charge in [-0.25, -0.2) is 4.98 Å². The third-order valence-corrected chi connectivity index (χ3v) is 4.42.